The van der Waals surface area contributed by atoms with Crippen LogP contribution in [0.5, 0.6) is 0 Å². The fraction of sp³-hybridized carbons (Fsp3) is 0.375. The van der Waals surface area contributed by atoms with Crippen LogP contribution in [0.1, 0.15) is 41.5 Å². The molecule has 1 aliphatic rings. The maximum atomic E-state index is 13.8. The van der Waals surface area contributed by atoms with Gasteiger partial charge in [0.05, 0.1) is 12.6 Å². The van der Waals surface area contributed by atoms with E-state index in [0.717, 1.165) is 42.3 Å². The molecular formula is C16H17F2NO. The molecule has 106 valence electrons. The molecule has 0 radical (unpaired) electrons. The van der Waals surface area contributed by atoms with Gasteiger partial charge in [-0.2, -0.15) is 0 Å². The number of aryl methyl sites for hydroxylation is 1. The molecule has 1 atom stereocenters. The fourth-order valence-electron chi connectivity index (χ4n) is 2.98. The largest absolute Gasteiger partial charge is 0.388 e. The number of fused-ring (bicyclic) bond motifs is 1. The summed E-state index contributed by atoms with van der Waals surface area (Å²) in [5.41, 5.74) is 3.49. The summed E-state index contributed by atoms with van der Waals surface area (Å²) in [5.74, 6) is -1.09. The highest BCUT2D eigenvalue weighted by Gasteiger charge is 2.23. The third kappa shape index (κ3) is 2.24. The van der Waals surface area contributed by atoms with E-state index in [-0.39, 0.29) is 0 Å². The van der Waals surface area contributed by atoms with Crippen molar-refractivity contribution in [2.75, 3.05) is 0 Å². The zero-order chi connectivity index (χ0) is 14.3. The second kappa shape index (κ2) is 5.02. The van der Waals surface area contributed by atoms with Gasteiger partial charge in [-0.15, -0.1) is 0 Å². The Kier molecular flexibility index (Phi) is 3.34. The van der Waals surface area contributed by atoms with Crippen molar-refractivity contribution in [1.29, 1.82) is 0 Å². The zero-order valence-corrected chi connectivity index (χ0v) is 11.4. The van der Waals surface area contributed by atoms with E-state index in [4.69, 9.17) is 0 Å². The van der Waals surface area contributed by atoms with Gasteiger partial charge >= 0.3 is 0 Å². The van der Waals surface area contributed by atoms with Crippen LogP contribution >= 0.6 is 0 Å². The summed E-state index contributed by atoms with van der Waals surface area (Å²) in [4.78, 5) is 0. The number of aliphatic hydroxyl groups excluding tert-OH is 1. The normalized spacial score (nSPS) is 18.1. The van der Waals surface area contributed by atoms with Crippen LogP contribution in [0.15, 0.2) is 24.3 Å². The lowest BCUT2D eigenvalue weighted by Gasteiger charge is -2.20. The van der Waals surface area contributed by atoms with E-state index >= 15 is 0 Å². The highest BCUT2D eigenvalue weighted by Crippen LogP contribution is 2.32. The van der Waals surface area contributed by atoms with Crippen LogP contribution in [0.4, 0.5) is 8.78 Å². The summed E-state index contributed by atoms with van der Waals surface area (Å²) in [5, 5.41) is 10.0. The number of hydrogen-bond donors (Lipinski definition) is 1. The molecule has 0 saturated carbocycles. The number of halogens is 2. The molecule has 1 aliphatic carbocycles. The highest BCUT2D eigenvalue weighted by atomic mass is 19.1. The van der Waals surface area contributed by atoms with Crippen molar-refractivity contribution < 1.29 is 13.9 Å². The smallest absolute Gasteiger partial charge is 0.131 e. The van der Waals surface area contributed by atoms with Crippen LogP contribution in [-0.4, -0.2) is 9.67 Å². The maximum Gasteiger partial charge on any atom is 0.131 e. The Labute approximate surface area is 116 Å². The molecule has 2 aromatic rings. The number of hydrogen-bond acceptors (Lipinski definition) is 1. The van der Waals surface area contributed by atoms with Gasteiger partial charge in [0.15, 0.2) is 0 Å². The van der Waals surface area contributed by atoms with Gasteiger partial charge in [0.25, 0.3) is 0 Å². The highest BCUT2D eigenvalue weighted by molar-refractivity contribution is 5.33. The minimum Gasteiger partial charge on any atom is -0.388 e. The average molecular weight is 277 g/mol. The molecule has 1 N–H and O–H groups in total. The predicted octanol–water partition coefficient (Wildman–Crippen LogP) is 3.49. The molecule has 0 bridgehead atoms. The molecule has 0 spiro atoms. The first-order valence-corrected chi connectivity index (χ1v) is 6.87. The van der Waals surface area contributed by atoms with Gasteiger partial charge in [0.2, 0.25) is 0 Å². The number of benzene rings is 1. The fourth-order valence-corrected chi connectivity index (χ4v) is 2.98. The Morgan fingerprint density at radius 1 is 1.30 bits per heavy atom. The lowest BCUT2D eigenvalue weighted by molar-refractivity contribution is 0.155. The first kappa shape index (κ1) is 13.3. The summed E-state index contributed by atoms with van der Waals surface area (Å²) in [6, 6.07) is 5.64. The molecule has 0 amide bonds. The van der Waals surface area contributed by atoms with E-state index in [1.807, 2.05) is 17.6 Å². The molecule has 0 fully saturated rings. The quantitative estimate of drug-likeness (QED) is 0.893. The number of nitrogens with zero attached hydrogens (tertiary/aromatic N) is 1. The Bertz CT molecular complexity index is 648. The number of aliphatic hydroxyl groups is 1. The standard InChI is InChI=1S/C16H17F2NO/c1-10-7-13-15(3-2-4-16(13)20)19(10)9-11-5-6-12(17)8-14(11)18/h5-8,16,20H,2-4,9H2,1H3. The molecule has 1 aromatic heterocycles. The van der Waals surface area contributed by atoms with Crippen LogP contribution < -0.4 is 0 Å². The first-order valence-electron chi connectivity index (χ1n) is 6.87. The van der Waals surface area contributed by atoms with E-state index in [9.17, 15) is 13.9 Å². The molecule has 1 aromatic carbocycles. The van der Waals surface area contributed by atoms with E-state index in [1.165, 1.54) is 12.1 Å². The van der Waals surface area contributed by atoms with Crippen LogP contribution in [-0.2, 0) is 13.0 Å². The van der Waals surface area contributed by atoms with Crippen molar-refractivity contribution >= 4 is 0 Å². The summed E-state index contributed by atoms with van der Waals surface area (Å²) in [6.45, 7) is 2.33. The molecule has 1 unspecified atom stereocenters. The molecule has 1 heterocycles. The van der Waals surface area contributed by atoms with Crippen molar-refractivity contribution in [3.63, 3.8) is 0 Å². The molecule has 2 nitrogen and oxygen atoms in total. The van der Waals surface area contributed by atoms with Crippen LogP contribution in [0.2, 0.25) is 0 Å². The predicted molar refractivity (Wildman–Crippen MR) is 72.5 cm³/mol. The van der Waals surface area contributed by atoms with E-state index < -0.39 is 17.7 Å². The van der Waals surface area contributed by atoms with Gasteiger partial charge in [-0.1, -0.05) is 6.07 Å². The molecule has 4 heteroatoms. The van der Waals surface area contributed by atoms with Crippen molar-refractivity contribution in [2.24, 2.45) is 0 Å². The third-order valence-electron chi connectivity index (χ3n) is 4.04. The molecule has 0 saturated heterocycles. The molecular weight excluding hydrogens is 260 g/mol. The van der Waals surface area contributed by atoms with Crippen molar-refractivity contribution in [2.45, 2.75) is 38.8 Å². The van der Waals surface area contributed by atoms with E-state index in [1.54, 1.807) is 0 Å². The SMILES string of the molecule is Cc1cc2c(n1Cc1ccc(F)cc1F)CCCC2O. The van der Waals surface area contributed by atoms with Gasteiger partial charge in [-0.05, 0) is 38.3 Å². The Morgan fingerprint density at radius 3 is 2.85 bits per heavy atom. The van der Waals surface area contributed by atoms with Gasteiger partial charge in [0, 0.05) is 28.6 Å². The topological polar surface area (TPSA) is 25.2 Å². The summed E-state index contributed by atoms with van der Waals surface area (Å²) < 4.78 is 28.8. The van der Waals surface area contributed by atoms with Crippen molar-refractivity contribution in [3.05, 3.63) is 58.4 Å². The molecule has 3 rings (SSSR count). The lowest BCUT2D eigenvalue weighted by Crippen LogP contribution is -2.13. The van der Waals surface area contributed by atoms with E-state index in [0.29, 0.717) is 12.1 Å². The average Bonchev–Trinajstić information content (AvgIpc) is 2.71. The zero-order valence-electron chi connectivity index (χ0n) is 11.4. The van der Waals surface area contributed by atoms with Crippen LogP contribution in [0.3, 0.4) is 0 Å². The van der Waals surface area contributed by atoms with Gasteiger partial charge in [-0.25, -0.2) is 8.78 Å². The first-order chi connectivity index (χ1) is 9.56. The summed E-state index contributed by atoms with van der Waals surface area (Å²) >= 11 is 0. The van der Waals surface area contributed by atoms with Crippen LogP contribution in [0, 0.1) is 18.6 Å². The number of aromatic nitrogens is 1. The van der Waals surface area contributed by atoms with Gasteiger partial charge < -0.3 is 9.67 Å². The van der Waals surface area contributed by atoms with E-state index in [2.05, 4.69) is 0 Å². The number of rotatable bonds is 2. The Hall–Kier alpha value is -1.68. The van der Waals surface area contributed by atoms with Crippen molar-refractivity contribution in [1.82, 2.24) is 4.57 Å². The monoisotopic (exact) mass is 277 g/mol. The summed E-state index contributed by atoms with van der Waals surface area (Å²) in [6.07, 6.45) is 2.19. The molecule has 0 aliphatic heterocycles. The second-order valence-electron chi connectivity index (χ2n) is 5.42. The minimum atomic E-state index is -0.562. The lowest BCUT2D eigenvalue weighted by atomic mass is 9.95. The van der Waals surface area contributed by atoms with Gasteiger partial charge in [-0.3, -0.25) is 0 Å². The maximum absolute atomic E-state index is 13.8. The third-order valence-corrected chi connectivity index (χ3v) is 4.04. The van der Waals surface area contributed by atoms with Crippen LogP contribution in [0.25, 0.3) is 0 Å². The minimum absolute atomic E-state index is 0.375. The molecule has 20 heavy (non-hydrogen) atoms. The second-order valence-corrected chi connectivity index (χ2v) is 5.42. The van der Waals surface area contributed by atoms with Crippen molar-refractivity contribution in [3.8, 4) is 0 Å². The summed E-state index contributed by atoms with van der Waals surface area (Å²) in [7, 11) is 0. The Balaban J connectivity index is 1.99. The Morgan fingerprint density at radius 2 is 2.10 bits per heavy atom. The van der Waals surface area contributed by atoms with Gasteiger partial charge in [0.1, 0.15) is 11.6 Å².